The molecule has 1 aliphatic heterocycles. The monoisotopic (exact) mass is 416 g/mol. The smallest absolute Gasteiger partial charge is 0.218 e. The largest absolute Gasteiger partial charge is 0.379 e. The zero-order valence-electron chi connectivity index (χ0n) is 16.2. The summed E-state index contributed by atoms with van der Waals surface area (Å²) in [5.41, 5.74) is 3.37. The molecule has 0 aliphatic carbocycles. The summed E-state index contributed by atoms with van der Waals surface area (Å²) >= 11 is 7.70. The quantitative estimate of drug-likeness (QED) is 0.657. The number of hydrogen-bond acceptors (Lipinski definition) is 6. The van der Waals surface area contributed by atoms with Gasteiger partial charge in [0.15, 0.2) is 0 Å². The van der Waals surface area contributed by atoms with E-state index in [1.165, 1.54) is 0 Å². The third kappa shape index (κ3) is 4.16. The Balaban J connectivity index is 1.45. The number of nitrogens with zero attached hydrogens (tertiary/aromatic N) is 5. The highest BCUT2D eigenvalue weighted by atomic mass is 35.5. The average Bonchev–Trinajstić information content (AvgIpc) is 3.36. The highest BCUT2D eigenvalue weighted by molar-refractivity contribution is 7.17. The molecule has 3 aromatic rings. The maximum Gasteiger partial charge on any atom is 0.218 e. The Morgan fingerprint density at radius 2 is 1.89 bits per heavy atom. The normalized spacial score (nSPS) is 15.2. The first kappa shape index (κ1) is 19.2. The van der Waals surface area contributed by atoms with Gasteiger partial charge in [-0.2, -0.15) is 0 Å². The van der Waals surface area contributed by atoms with Crippen molar-refractivity contribution in [2.24, 2.45) is 0 Å². The lowest BCUT2D eigenvalue weighted by Crippen LogP contribution is -2.46. The summed E-state index contributed by atoms with van der Waals surface area (Å²) in [6, 6.07) is 10.1. The second-order valence-corrected chi connectivity index (χ2v) is 8.34. The summed E-state index contributed by atoms with van der Waals surface area (Å²) in [7, 11) is 0. The molecule has 1 fully saturated rings. The fourth-order valence-electron chi connectivity index (χ4n) is 3.45. The van der Waals surface area contributed by atoms with Crippen LogP contribution in [0.15, 0.2) is 36.5 Å². The van der Waals surface area contributed by atoms with E-state index >= 15 is 0 Å². The van der Waals surface area contributed by atoms with Gasteiger partial charge in [0, 0.05) is 48.8 Å². The molecule has 1 aromatic carbocycles. The number of nitrogens with one attached hydrogen (secondary N) is 1. The first-order chi connectivity index (χ1) is 13.6. The van der Waals surface area contributed by atoms with Gasteiger partial charge in [-0.15, -0.1) is 10.2 Å². The number of hydrogen-bond donors (Lipinski definition) is 1. The SMILES string of the molecule is CCN1CCN(c2nnc(-n3cccc3CNc3ccc(Cl)cc3C)s2)CC1. The molecule has 8 heteroatoms. The van der Waals surface area contributed by atoms with E-state index < -0.39 is 0 Å². The van der Waals surface area contributed by atoms with Crippen LogP contribution in [0.5, 0.6) is 0 Å². The van der Waals surface area contributed by atoms with Crippen molar-refractivity contribution in [1.82, 2.24) is 19.7 Å². The molecule has 4 rings (SSSR count). The van der Waals surface area contributed by atoms with Gasteiger partial charge in [-0.1, -0.05) is 29.9 Å². The molecule has 148 valence electrons. The first-order valence-corrected chi connectivity index (χ1v) is 10.8. The van der Waals surface area contributed by atoms with E-state index in [-0.39, 0.29) is 0 Å². The first-order valence-electron chi connectivity index (χ1n) is 9.61. The zero-order valence-corrected chi connectivity index (χ0v) is 17.8. The third-order valence-electron chi connectivity index (χ3n) is 5.18. The summed E-state index contributed by atoms with van der Waals surface area (Å²) in [4.78, 5) is 4.80. The standard InChI is InChI=1S/C20H25ClN6S/c1-3-25-9-11-26(12-10-25)19-23-24-20(28-19)27-8-4-5-17(27)14-22-18-7-6-16(21)13-15(18)2/h4-8,13,22H,3,9-12,14H2,1-2H3. The summed E-state index contributed by atoms with van der Waals surface area (Å²) in [5, 5.41) is 15.1. The highest BCUT2D eigenvalue weighted by Crippen LogP contribution is 2.26. The van der Waals surface area contributed by atoms with Crippen molar-refractivity contribution >= 4 is 33.8 Å². The number of likely N-dealkylation sites (N-methyl/N-ethyl adjacent to an activating group) is 1. The van der Waals surface area contributed by atoms with Crippen LogP contribution >= 0.6 is 22.9 Å². The second kappa shape index (κ2) is 8.51. The Kier molecular flexibility index (Phi) is 5.85. The van der Waals surface area contributed by atoms with Gasteiger partial charge in [0.05, 0.1) is 6.54 Å². The van der Waals surface area contributed by atoms with Crippen LogP contribution in [-0.2, 0) is 6.54 Å². The number of anilines is 2. The molecule has 0 saturated carbocycles. The molecule has 0 radical (unpaired) electrons. The highest BCUT2D eigenvalue weighted by Gasteiger charge is 2.20. The summed E-state index contributed by atoms with van der Waals surface area (Å²) in [6.07, 6.45) is 2.05. The fraction of sp³-hybridized carbons (Fsp3) is 0.400. The van der Waals surface area contributed by atoms with Gasteiger partial charge in [-0.05, 0) is 49.4 Å². The molecule has 6 nitrogen and oxygen atoms in total. The van der Waals surface area contributed by atoms with Crippen LogP contribution in [0.4, 0.5) is 10.8 Å². The number of aromatic nitrogens is 3. The molecule has 1 aliphatic rings. The molecule has 0 amide bonds. The molecule has 28 heavy (non-hydrogen) atoms. The average molecular weight is 417 g/mol. The van der Waals surface area contributed by atoms with Gasteiger partial charge < -0.3 is 15.1 Å². The zero-order chi connectivity index (χ0) is 19.5. The molecule has 1 saturated heterocycles. The van der Waals surface area contributed by atoms with E-state index in [1.54, 1.807) is 11.3 Å². The Morgan fingerprint density at radius 3 is 2.64 bits per heavy atom. The van der Waals surface area contributed by atoms with Crippen LogP contribution in [0.25, 0.3) is 5.13 Å². The van der Waals surface area contributed by atoms with Crippen LogP contribution in [0.3, 0.4) is 0 Å². The van der Waals surface area contributed by atoms with Gasteiger partial charge in [0.2, 0.25) is 10.3 Å². The molecular formula is C20H25ClN6S. The minimum atomic E-state index is 0.708. The molecule has 1 N–H and O–H groups in total. The second-order valence-electron chi connectivity index (χ2n) is 6.97. The van der Waals surface area contributed by atoms with Gasteiger partial charge in [-0.25, -0.2) is 0 Å². The molecular weight excluding hydrogens is 392 g/mol. The Bertz CT molecular complexity index is 928. The van der Waals surface area contributed by atoms with Crippen molar-refractivity contribution < 1.29 is 0 Å². The molecule has 0 unspecified atom stereocenters. The lowest BCUT2D eigenvalue weighted by Gasteiger charge is -2.33. The number of piperazine rings is 1. The van der Waals surface area contributed by atoms with Crippen molar-refractivity contribution in [3.63, 3.8) is 0 Å². The maximum atomic E-state index is 6.05. The fourth-order valence-corrected chi connectivity index (χ4v) is 4.59. The van der Waals surface area contributed by atoms with Crippen molar-refractivity contribution in [2.75, 3.05) is 42.9 Å². The number of halogens is 1. The van der Waals surface area contributed by atoms with Crippen LogP contribution in [0.2, 0.25) is 5.02 Å². The van der Waals surface area contributed by atoms with E-state index in [2.05, 4.69) is 49.8 Å². The molecule has 2 aromatic heterocycles. The third-order valence-corrected chi connectivity index (χ3v) is 6.40. The molecule has 0 spiro atoms. The van der Waals surface area contributed by atoms with Crippen LogP contribution in [0, 0.1) is 6.92 Å². The van der Waals surface area contributed by atoms with E-state index in [0.29, 0.717) is 6.54 Å². The van der Waals surface area contributed by atoms with Gasteiger partial charge in [-0.3, -0.25) is 4.57 Å². The maximum absolute atomic E-state index is 6.05. The lowest BCUT2D eigenvalue weighted by atomic mass is 10.2. The Morgan fingerprint density at radius 1 is 1.11 bits per heavy atom. The van der Waals surface area contributed by atoms with Crippen LogP contribution in [-0.4, -0.2) is 52.4 Å². The number of aryl methyl sites for hydroxylation is 1. The predicted molar refractivity (Wildman–Crippen MR) is 117 cm³/mol. The number of rotatable bonds is 6. The van der Waals surface area contributed by atoms with Crippen LogP contribution < -0.4 is 10.2 Å². The van der Waals surface area contributed by atoms with Crippen molar-refractivity contribution in [3.05, 3.63) is 52.8 Å². The lowest BCUT2D eigenvalue weighted by molar-refractivity contribution is 0.271. The topological polar surface area (TPSA) is 49.2 Å². The van der Waals surface area contributed by atoms with Gasteiger partial charge in [0.25, 0.3) is 0 Å². The summed E-state index contributed by atoms with van der Waals surface area (Å²) < 4.78 is 2.11. The minimum absolute atomic E-state index is 0.708. The minimum Gasteiger partial charge on any atom is -0.379 e. The van der Waals surface area contributed by atoms with E-state index in [4.69, 9.17) is 11.6 Å². The van der Waals surface area contributed by atoms with E-state index in [1.807, 2.05) is 30.5 Å². The van der Waals surface area contributed by atoms with Crippen LogP contribution in [0.1, 0.15) is 18.2 Å². The van der Waals surface area contributed by atoms with Crippen molar-refractivity contribution in [3.8, 4) is 5.13 Å². The van der Waals surface area contributed by atoms with Gasteiger partial charge >= 0.3 is 0 Å². The van der Waals surface area contributed by atoms with Crippen molar-refractivity contribution in [2.45, 2.75) is 20.4 Å². The van der Waals surface area contributed by atoms with Gasteiger partial charge in [0.1, 0.15) is 0 Å². The number of benzene rings is 1. The Hall–Kier alpha value is -2.09. The Labute approximate surface area is 174 Å². The molecule has 0 atom stereocenters. The summed E-state index contributed by atoms with van der Waals surface area (Å²) in [5.74, 6) is 0. The van der Waals surface area contributed by atoms with E-state index in [0.717, 1.165) is 65.0 Å². The van der Waals surface area contributed by atoms with Crippen molar-refractivity contribution in [1.29, 1.82) is 0 Å². The molecule has 3 heterocycles. The predicted octanol–water partition coefficient (Wildman–Crippen LogP) is 4.04. The molecule has 0 bridgehead atoms. The van der Waals surface area contributed by atoms with E-state index in [9.17, 15) is 0 Å². The summed E-state index contributed by atoms with van der Waals surface area (Å²) in [6.45, 7) is 10.3.